The molecule has 2 aliphatic rings. The van der Waals surface area contributed by atoms with Gasteiger partial charge in [0, 0.05) is 37.8 Å². The fourth-order valence-electron chi connectivity index (χ4n) is 4.58. The van der Waals surface area contributed by atoms with Crippen LogP contribution in [-0.4, -0.2) is 50.8 Å². The molecular weight excluding hydrogens is 488 g/mol. The number of hydrogen-bond acceptors (Lipinski definition) is 9. The lowest BCUT2D eigenvalue weighted by Gasteiger charge is -2.31. The Morgan fingerprint density at radius 1 is 0.811 bits per heavy atom. The third-order valence-corrected chi connectivity index (χ3v) is 7.80. The van der Waals surface area contributed by atoms with Crippen LogP contribution in [0.25, 0.3) is 0 Å². The van der Waals surface area contributed by atoms with Gasteiger partial charge < -0.3 is 14.0 Å². The summed E-state index contributed by atoms with van der Waals surface area (Å²) in [7, 11) is -3.96. The summed E-state index contributed by atoms with van der Waals surface area (Å²) >= 11 is 0. The normalized spacial score (nSPS) is 16.6. The first kappa shape index (κ1) is 25.0. The van der Waals surface area contributed by atoms with Crippen molar-refractivity contribution in [2.24, 2.45) is 5.10 Å². The van der Waals surface area contributed by atoms with Crippen LogP contribution >= 0.6 is 0 Å². The fourth-order valence-corrected chi connectivity index (χ4v) is 5.56. The van der Waals surface area contributed by atoms with Gasteiger partial charge in [0.2, 0.25) is 5.95 Å². The topological polar surface area (TPSA) is 100 Å². The summed E-state index contributed by atoms with van der Waals surface area (Å²) in [6.45, 7) is 3.87. The maximum atomic E-state index is 12.7. The molecule has 2 fully saturated rings. The fraction of sp³-hybridized carbons (Fsp3) is 0.370. The van der Waals surface area contributed by atoms with Crippen LogP contribution in [0.1, 0.15) is 44.1 Å². The van der Waals surface area contributed by atoms with E-state index in [-0.39, 0.29) is 10.6 Å². The molecule has 9 nitrogen and oxygen atoms in total. The smallest absolute Gasteiger partial charge is 0.339 e. The predicted octanol–water partition coefficient (Wildman–Crippen LogP) is 4.67. The summed E-state index contributed by atoms with van der Waals surface area (Å²) in [6.07, 6.45) is 8.62. The number of hydrazone groups is 1. The Balaban J connectivity index is 1.36. The van der Waals surface area contributed by atoms with Gasteiger partial charge in [-0.15, -0.1) is 0 Å². The molecule has 10 heteroatoms. The van der Waals surface area contributed by atoms with E-state index in [9.17, 15) is 8.42 Å². The van der Waals surface area contributed by atoms with Crippen LogP contribution in [0, 0.1) is 0 Å². The largest absolute Gasteiger partial charge is 0.378 e. The van der Waals surface area contributed by atoms with Gasteiger partial charge in [-0.1, -0.05) is 30.3 Å². The summed E-state index contributed by atoms with van der Waals surface area (Å²) in [5, 5.41) is 4.37. The lowest BCUT2D eigenvalue weighted by atomic mass is 10.1. The van der Waals surface area contributed by atoms with Crippen molar-refractivity contribution in [2.75, 3.05) is 41.4 Å². The third-order valence-electron chi connectivity index (χ3n) is 6.55. The molecule has 0 spiro atoms. The van der Waals surface area contributed by atoms with Crippen molar-refractivity contribution in [1.29, 1.82) is 0 Å². The van der Waals surface area contributed by atoms with Crippen LogP contribution in [-0.2, 0) is 10.1 Å². The molecule has 5 rings (SSSR count). The van der Waals surface area contributed by atoms with E-state index in [2.05, 4.69) is 20.3 Å². The number of anilines is 3. The van der Waals surface area contributed by atoms with Gasteiger partial charge >= 0.3 is 10.1 Å². The third kappa shape index (κ3) is 6.37. The molecule has 2 saturated heterocycles. The van der Waals surface area contributed by atoms with E-state index in [1.165, 1.54) is 25.0 Å². The van der Waals surface area contributed by atoms with E-state index < -0.39 is 10.1 Å². The average molecular weight is 521 g/mol. The van der Waals surface area contributed by atoms with E-state index in [0.29, 0.717) is 11.4 Å². The van der Waals surface area contributed by atoms with Crippen molar-refractivity contribution < 1.29 is 12.6 Å². The Kier molecular flexibility index (Phi) is 7.84. The van der Waals surface area contributed by atoms with Crippen LogP contribution in [0.15, 0.2) is 70.7 Å². The molecular formula is C27H32N6O3S. The zero-order chi connectivity index (χ0) is 25.5. The molecule has 0 aliphatic carbocycles. The van der Waals surface area contributed by atoms with Gasteiger partial charge in [0.05, 0.1) is 6.21 Å². The molecule has 0 saturated carbocycles. The van der Waals surface area contributed by atoms with Gasteiger partial charge in [0.1, 0.15) is 10.7 Å². The van der Waals surface area contributed by atoms with Crippen LogP contribution < -0.4 is 19.4 Å². The molecule has 0 bridgehead atoms. The molecule has 3 aromatic rings. The Bertz CT molecular complexity index is 1280. The monoisotopic (exact) mass is 520 g/mol. The minimum atomic E-state index is -3.96. The zero-order valence-corrected chi connectivity index (χ0v) is 21.6. The molecule has 194 valence electrons. The van der Waals surface area contributed by atoms with Crippen molar-refractivity contribution in [1.82, 2.24) is 9.97 Å². The van der Waals surface area contributed by atoms with Gasteiger partial charge in [-0.3, -0.25) is 5.43 Å². The first-order chi connectivity index (χ1) is 18.1. The lowest BCUT2D eigenvalue weighted by molar-refractivity contribution is 0.485. The van der Waals surface area contributed by atoms with Crippen molar-refractivity contribution in [3.63, 3.8) is 0 Å². The molecule has 0 unspecified atom stereocenters. The highest BCUT2D eigenvalue weighted by molar-refractivity contribution is 7.87. The Morgan fingerprint density at radius 3 is 2.19 bits per heavy atom. The van der Waals surface area contributed by atoms with E-state index in [0.717, 1.165) is 63.6 Å². The van der Waals surface area contributed by atoms with E-state index in [1.807, 2.05) is 6.07 Å². The van der Waals surface area contributed by atoms with Gasteiger partial charge in [-0.05, 0) is 62.8 Å². The molecule has 3 heterocycles. The highest BCUT2D eigenvalue weighted by Crippen LogP contribution is 2.26. The number of aromatic nitrogens is 2. The quantitative estimate of drug-likeness (QED) is 0.260. The van der Waals surface area contributed by atoms with Gasteiger partial charge in [0.25, 0.3) is 0 Å². The van der Waals surface area contributed by atoms with E-state index >= 15 is 0 Å². The summed E-state index contributed by atoms with van der Waals surface area (Å²) < 4.78 is 30.9. The van der Waals surface area contributed by atoms with Crippen LogP contribution in [0.2, 0.25) is 0 Å². The van der Waals surface area contributed by atoms with Gasteiger partial charge in [-0.2, -0.15) is 23.5 Å². The lowest BCUT2D eigenvalue weighted by Crippen LogP contribution is -2.33. The Hall–Kier alpha value is -3.66. The molecule has 1 aromatic heterocycles. The second-order valence-electron chi connectivity index (χ2n) is 9.27. The Morgan fingerprint density at radius 2 is 1.46 bits per heavy atom. The first-order valence-electron chi connectivity index (χ1n) is 12.9. The van der Waals surface area contributed by atoms with Crippen molar-refractivity contribution in [2.45, 2.75) is 43.4 Å². The summed E-state index contributed by atoms with van der Waals surface area (Å²) in [5.41, 5.74) is 3.56. The van der Waals surface area contributed by atoms with Crippen molar-refractivity contribution in [3.8, 4) is 5.75 Å². The maximum Gasteiger partial charge on any atom is 0.339 e. The van der Waals surface area contributed by atoms with Crippen molar-refractivity contribution in [3.05, 3.63) is 66.2 Å². The summed E-state index contributed by atoms with van der Waals surface area (Å²) in [4.78, 5) is 14.3. The minimum absolute atomic E-state index is 0.0938. The van der Waals surface area contributed by atoms with Crippen LogP contribution in [0.3, 0.4) is 0 Å². The molecule has 1 N–H and O–H groups in total. The number of rotatable bonds is 8. The highest BCUT2D eigenvalue weighted by Gasteiger charge is 2.20. The summed E-state index contributed by atoms with van der Waals surface area (Å²) in [6, 6.07) is 16.9. The zero-order valence-electron chi connectivity index (χ0n) is 20.8. The van der Waals surface area contributed by atoms with Gasteiger partial charge in [0.15, 0.2) is 11.6 Å². The number of benzene rings is 2. The molecule has 2 aromatic carbocycles. The SMILES string of the molecule is O=S(=O)(Oc1ccccc1/C=N/Nc1cc(N2CCCCC2)nc(N2CCCCC2)n1)c1ccccc1. The maximum absolute atomic E-state index is 12.7. The van der Waals surface area contributed by atoms with Crippen LogP contribution in [0.4, 0.5) is 17.6 Å². The standard InChI is InChI=1S/C27H32N6O3S/c34-37(35,23-13-4-1-5-14-23)36-24-15-7-6-12-22(24)21-28-31-25-20-26(32-16-8-2-9-17-32)30-27(29-25)33-18-10-3-11-19-33/h1,4-7,12-15,20-21H,2-3,8-11,16-19H2,(H,29,30,31)/b28-21+. The van der Waals surface area contributed by atoms with Crippen LogP contribution in [0.5, 0.6) is 5.75 Å². The number of para-hydroxylation sites is 1. The summed E-state index contributed by atoms with van der Waals surface area (Å²) in [5.74, 6) is 2.43. The second-order valence-corrected chi connectivity index (χ2v) is 10.8. The number of hydrogen-bond donors (Lipinski definition) is 1. The van der Waals surface area contributed by atoms with E-state index in [4.69, 9.17) is 14.2 Å². The number of piperidine rings is 2. The molecule has 0 amide bonds. The molecule has 0 radical (unpaired) electrons. The predicted molar refractivity (Wildman–Crippen MR) is 146 cm³/mol. The van der Waals surface area contributed by atoms with Gasteiger partial charge in [-0.25, -0.2) is 0 Å². The van der Waals surface area contributed by atoms with Crippen molar-refractivity contribution >= 4 is 33.9 Å². The molecule has 2 aliphatic heterocycles. The number of nitrogens with one attached hydrogen (secondary N) is 1. The molecule has 0 atom stereocenters. The first-order valence-corrected chi connectivity index (χ1v) is 14.3. The number of nitrogens with zero attached hydrogens (tertiary/aromatic N) is 5. The molecule has 37 heavy (non-hydrogen) atoms. The highest BCUT2D eigenvalue weighted by atomic mass is 32.2. The minimum Gasteiger partial charge on any atom is -0.378 e. The Labute approximate surface area is 218 Å². The second kappa shape index (κ2) is 11.6. The average Bonchev–Trinajstić information content (AvgIpc) is 2.95. The van der Waals surface area contributed by atoms with E-state index in [1.54, 1.807) is 48.7 Å².